The molecule has 100 valence electrons. The van der Waals surface area contributed by atoms with Gasteiger partial charge in [-0.3, -0.25) is 0 Å². The molecule has 1 aliphatic carbocycles. The van der Waals surface area contributed by atoms with Crippen LogP contribution in [-0.2, 0) is 9.84 Å². The van der Waals surface area contributed by atoms with Crippen molar-refractivity contribution < 1.29 is 12.8 Å². The molecule has 18 heavy (non-hydrogen) atoms. The van der Waals surface area contributed by atoms with Crippen molar-refractivity contribution in [2.24, 2.45) is 11.5 Å². The maximum atomic E-state index is 13.2. The van der Waals surface area contributed by atoms with Gasteiger partial charge in [-0.25, -0.2) is 12.8 Å². The lowest BCUT2D eigenvalue weighted by molar-refractivity contribution is 0.587. The molecule has 1 aliphatic rings. The quantitative estimate of drug-likeness (QED) is 0.830. The predicted molar refractivity (Wildman–Crippen MR) is 68.4 cm³/mol. The smallest absolute Gasteiger partial charge is 0.155 e. The summed E-state index contributed by atoms with van der Waals surface area (Å²) in [5, 5.41) is -0.707. The first-order chi connectivity index (χ1) is 8.36. The number of rotatable bonds is 4. The van der Waals surface area contributed by atoms with Crippen LogP contribution in [0, 0.1) is 5.82 Å². The molecule has 0 unspecified atom stereocenters. The Morgan fingerprint density at radius 3 is 2.61 bits per heavy atom. The number of sulfone groups is 1. The number of nitrogens with two attached hydrogens (primary N) is 2. The Morgan fingerprint density at radius 1 is 1.44 bits per heavy atom. The third-order valence-corrected chi connectivity index (χ3v) is 5.94. The first-order valence-corrected chi connectivity index (χ1v) is 7.54. The summed E-state index contributed by atoms with van der Waals surface area (Å²) in [4.78, 5) is 0. The van der Waals surface area contributed by atoms with Gasteiger partial charge in [-0.1, -0.05) is 19.1 Å². The molecule has 6 heteroatoms. The van der Waals surface area contributed by atoms with Crippen LogP contribution in [0.4, 0.5) is 4.39 Å². The van der Waals surface area contributed by atoms with Crippen molar-refractivity contribution in [3.63, 3.8) is 0 Å². The lowest BCUT2D eigenvalue weighted by Crippen LogP contribution is -2.39. The zero-order chi connectivity index (χ0) is 13.6. The Bertz CT molecular complexity index is 561. The molecule has 0 saturated heterocycles. The molecular formula is C12H17FN2O2S. The zero-order valence-corrected chi connectivity index (χ0v) is 11.0. The summed E-state index contributed by atoms with van der Waals surface area (Å²) in [6, 6.07) is 5.88. The van der Waals surface area contributed by atoms with Gasteiger partial charge in [-0.15, -0.1) is 0 Å². The van der Waals surface area contributed by atoms with Gasteiger partial charge in [-0.05, 0) is 17.7 Å². The van der Waals surface area contributed by atoms with Gasteiger partial charge in [0.05, 0.1) is 10.8 Å². The number of hydrogen-bond acceptors (Lipinski definition) is 4. The van der Waals surface area contributed by atoms with Crippen LogP contribution in [0.3, 0.4) is 0 Å². The molecule has 1 aromatic carbocycles. The fourth-order valence-corrected chi connectivity index (χ4v) is 4.59. The second kappa shape index (κ2) is 4.29. The lowest BCUT2D eigenvalue weighted by atomic mass is 10.1. The molecule has 2 rings (SSSR count). The minimum Gasteiger partial charge on any atom is -0.329 e. The molecule has 0 bridgehead atoms. The fraction of sp³-hybridized carbons (Fsp3) is 0.500. The fourth-order valence-electron chi connectivity index (χ4n) is 2.57. The van der Waals surface area contributed by atoms with Crippen LogP contribution in [0.1, 0.15) is 18.4 Å². The average Bonchev–Trinajstić information content (AvgIpc) is 2.98. The maximum Gasteiger partial charge on any atom is 0.155 e. The van der Waals surface area contributed by atoms with Crippen LogP contribution in [0.15, 0.2) is 24.3 Å². The van der Waals surface area contributed by atoms with Gasteiger partial charge in [0.2, 0.25) is 0 Å². The summed E-state index contributed by atoms with van der Waals surface area (Å²) in [5.41, 5.74) is 11.3. The highest BCUT2D eigenvalue weighted by atomic mass is 32.2. The molecule has 1 fully saturated rings. The Balaban J connectivity index is 2.40. The lowest BCUT2D eigenvalue weighted by Gasteiger charge is -2.07. The van der Waals surface area contributed by atoms with Crippen LogP contribution in [0.2, 0.25) is 0 Å². The third kappa shape index (κ3) is 1.94. The van der Waals surface area contributed by atoms with Gasteiger partial charge in [0.1, 0.15) is 5.82 Å². The Morgan fingerprint density at radius 2 is 2.11 bits per heavy atom. The van der Waals surface area contributed by atoms with Crippen molar-refractivity contribution in [2.75, 3.05) is 12.3 Å². The van der Waals surface area contributed by atoms with Crippen LogP contribution < -0.4 is 11.5 Å². The molecule has 3 atom stereocenters. The Kier molecular flexibility index (Phi) is 3.21. The van der Waals surface area contributed by atoms with Gasteiger partial charge in [-0.2, -0.15) is 0 Å². The minimum absolute atomic E-state index is 0.0163. The van der Waals surface area contributed by atoms with Gasteiger partial charge in [0.25, 0.3) is 0 Å². The van der Waals surface area contributed by atoms with E-state index in [0.717, 1.165) is 0 Å². The average molecular weight is 272 g/mol. The number of halogens is 1. The molecule has 1 saturated carbocycles. The largest absolute Gasteiger partial charge is 0.329 e. The first kappa shape index (κ1) is 13.5. The highest BCUT2D eigenvalue weighted by Crippen LogP contribution is 2.53. The van der Waals surface area contributed by atoms with E-state index in [1.165, 1.54) is 12.1 Å². The summed E-state index contributed by atoms with van der Waals surface area (Å²) in [6.07, 6.45) is 0. The van der Waals surface area contributed by atoms with Crippen molar-refractivity contribution in [1.82, 2.24) is 0 Å². The normalized spacial score (nSPS) is 31.3. The van der Waals surface area contributed by atoms with Gasteiger partial charge < -0.3 is 11.5 Å². The van der Waals surface area contributed by atoms with E-state index in [2.05, 4.69) is 0 Å². The van der Waals surface area contributed by atoms with Crippen molar-refractivity contribution in [3.05, 3.63) is 35.6 Å². The molecule has 0 aliphatic heterocycles. The molecule has 0 radical (unpaired) electrons. The van der Waals surface area contributed by atoms with Crippen molar-refractivity contribution in [2.45, 2.75) is 23.6 Å². The zero-order valence-electron chi connectivity index (χ0n) is 10.1. The van der Waals surface area contributed by atoms with Crippen molar-refractivity contribution in [1.29, 1.82) is 0 Å². The van der Waals surface area contributed by atoms with E-state index in [-0.39, 0.29) is 12.3 Å². The molecule has 0 spiro atoms. The number of benzene rings is 1. The summed E-state index contributed by atoms with van der Waals surface area (Å²) < 4.78 is 37.1. The van der Waals surface area contributed by atoms with E-state index in [1.54, 1.807) is 19.1 Å². The molecule has 0 aromatic heterocycles. The highest BCUT2D eigenvalue weighted by Gasteiger charge is 2.67. The summed E-state index contributed by atoms with van der Waals surface area (Å²) in [5.74, 6) is -0.794. The standard InChI is InChI=1S/C12H17FN2O2S/c1-2-18(16,17)11-10(12(11,15)7-14)8-4-3-5-9(13)6-8/h3-6,10-11H,2,7,14-15H2,1H3/t10-,11+,12+/m0/s1. The number of hydrogen-bond donors (Lipinski definition) is 2. The van der Waals surface area contributed by atoms with Crippen LogP contribution in [0.25, 0.3) is 0 Å². The van der Waals surface area contributed by atoms with E-state index in [9.17, 15) is 12.8 Å². The summed E-state index contributed by atoms with van der Waals surface area (Å²) >= 11 is 0. The van der Waals surface area contributed by atoms with Crippen molar-refractivity contribution in [3.8, 4) is 0 Å². The van der Waals surface area contributed by atoms with E-state index in [0.29, 0.717) is 5.56 Å². The topological polar surface area (TPSA) is 86.2 Å². The molecule has 4 nitrogen and oxygen atoms in total. The maximum absolute atomic E-state index is 13.2. The monoisotopic (exact) mass is 272 g/mol. The SMILES string of the molecule is CCS(=O)(=O)[C@@H]1[C@H](c2cccc(F)c2)[C@]1(N)CN. The molecule has 1 aromatic rings. The molecular weight excluding hydrogens is 255 g/mol. The van der Waals surface area contributed by atoms with Gasteiger partial charge in [0, 0.05) is 18.2 Å². The van der Waals surface area contributed by atoms with Crippen LogP contribution in [0.5, 0.6) is 0 Å². The third-order valence-electron chi connectivity index (χ3n) is 3.65. The molecule has 0 amide bonds. The molecule has 4 N–H and O–H groups in total. The van der Waals surface area contributed by atoms with E-state index < -0.39 is 32.4 Å². The summed E-state index contributed by atoms with van der Waals surface area (Å²) in [6.45, 7) is 1.64. The van der Waals surface area contributed by atoms with E-state index >= 15 is 0 Å². The van der Waals surface area contributed by atoms with E-state index in [4.69, 9.17) is 11.5 Å². The van der Waals surface area contributed by atoms with E-state index in [1.807, 2.05) is 0 Å². The molecule has 0 heterocycles. The Labute approximate surface area is 106 Å². The Hall–Kier alpha value is -0.980. The minimum atomic E-state index is -3.28. The summed E-state index contributed by atoms with van der Waals surface area (Å²) in [7, 11) is -3.28. The van der Waals surface area contributed by atoms with Crippen molar-refractivity contribution >= 4 is 9.84 Å². The predicted octanol–water partition coefficient (Wildman–Crippen LogP) is 0.382. The van der Waals surface area contributed by atoms with Gasteiger partial charge in [0.15, 0.2) is 9.84 Å². The first-order valence-electron chi connectivity index (χ1n) is 5.83. The van der Waals surface area contributed by atoms with Crippen LogP contribution >= 0.6 is 0 Å². The van der Waals surface area contributed by atoms with Gasteiger partial charge >= 0.3 is 0 Å². The highest BCUT2D eigenvalue weighted by molar-refractivity contribution is 7.92. The van der Waals surface area contributed by atoms with Crippen LogP contribution in [-0.4, -0.2) is 31.5 Å². The second-order valence-electron chi connectivity index (χ2n) is 4.72. The second-order valence-corrected chi connectivity index (χ2v) is 7.13.